The van der Waals surface area contributed by atoms with E-state index in [0.717, 1.165) is 23.8 Å². The molecule has 0 aliphatic rings. The highest BCUT2D eigenvalue weighted by atomic mass is 15.3. The van der Waals surface area contributed by atoms with Crippen LogP contribution in [-0.2, 0) is 20.0 Å². The van der Waals surface area contributed by atoms with E-state index in [1.165, 1.54) is 0 Å². The van der Waals surface area contributed by atoms with Crippen molar-refractivity contribution in [3.05, 3.63) is 29.8 Å². The highest BCUT2D eigenvalue weighted by Gasteiger charge is 2.02. The Morgan fingerprint density at radius 1 is 1.41 bits per heavy atom. The van der Waals surface area contributed by atoms with Crippen LogP contribution in [0.4, 0.5) is 11.6 Å². The summed E-state index contributed by atoms with van der Waals surface area (Å²) >= 11 is 0. The molecular weight excluding hydrogens is 216 g/mol. The SMILES string of the molecule is CCc1nc(N)cc(NCc2ccn(C)n2)n1. The lowest BCUT2D eigenvalue weighted by Gasteiger charge is -2.06. The van der Waals surface area contributed by atoms with Gasteiger partial charge in [-0.15, -0.1) is 0 Å². The fourth-order valence-corrected chi connectivity index (χ4v) is 1.50. The Balaban J connectivity index is 2.05. The van der Waals surface area contributed by atoms with Gasteiger partial charge in [0, 0.05) is 25.7 Å². The molecule has 0 saturated carbocycles. The predicted octanol–water partition coefficient (Wildman–Crippen LogP) is 0.967. The largest absolute Gasteiger partial charge is 0.384 e. The summed E-state index contributed by atoms with van der Waals surface area (Å²) in [6.45, 7) is 2.62. The molecule has 2 heterocycles. The molecule has 0 saturated heterocycles. The van der Waals surface area contributed by atoms with Crippen molar-refractivity contribution in [2.75, 3.05) is 11.1 Å². The molecule has 2 aromatic rings. The van der Waals surface area contributed by atoms with Gasteiger partial charge in [-0.2, -0.15) is 5.10 Å². The lowest BCUT2D eigenvalue weighted by molar-refractivity contribution is 0.746. The van der Waals surface area contributed by atoms with Crippen molar-refractivity contribution in [1.29, 1.82) is 0 Å². The number of hydrogen-bond acceptors (Lipinski definition) is 5. The second-order valence-corrected chi connectivity index (χ2v) is 3.78. The van der Waals surface area contributed by atoms with Crippen LogP contribution < -0.4 is 11.1 Å². The van der Waals surface area contributed by atoms with Gasteiger partial charge in [0.2, 0.25) is 0 Å². The topological polar surface area (TPSA) is 81.6 Å². The second kappa shape index (κ2) is 4.82. The zero-order valence-corrected chi connectivity index (χ0v) is 10.0. The third-order valence-corrected chi connectivity index (χ3v) is 2.33. The predicted molar refractivity (Wildman–Crippen MR) is 66.4 cm³/mol. The van der Waals surface area contributed by atoms with E-state index < -0.39 is 0 Å². The van der Waals surface area contributed by atoms with Crippen molar-refractivity contribution in [2.45, 2.75) is 19.9 Å². The summed E-state index contributed by atoms with van der Waals surface area (Å²) in [6.07, 6.45) is 2.67. The van der Waals surface area contributed by atoms with E-state index in [2.05, 4.69) is 20.4 Å². The van der Waals surface area contributed by atoms with E-state index in [4.69, 9.17) is 5.73 Å². The van der Waals surface area contributed by atoms with Gasteiger partial charge in [0.15, 0.2) is 0 Å². The van der Waals surface area contributed by atoms with Crippen LogP contribution in [0.5, 0.6) is 0 Å². The normalized spacial score (nSPS) is 10.5. The van der Waals surface area contributed by atoms with Gasteiger partial charge in [-0.25, -0.2) is 9.97 Å². The van der Waals surface area contributed by atoms with Crippen LogP contribution in [0.2, 0.25) is 0 Å². The monoisotopic (exact) mass is 232 g/mol. The number of aromatic nitrogens is 4. The van der Waals surface area contributed by atoms with E-state index in [1.54, 1.807) is 10.7 Å². The van der Waals surface area contributed by atoms with Crippen LogP contribution in [0.25, 0.3) is 0 Å². The minimum atomic E-state index is 0.486. The molecule has 0 aliphatic carbocycles. The summed E-state index contributed by atoms with van der Waals surface area (Å²) in [5.74, 6) is 1.97. The van der Waals surface area contributed by atoms with Gasteiger partial charge >= 0.3 is 0 Å². The van der Waals surface area contributed by atoms with Crippen LogP contribution in [-0.4, -0.2) is 19.7 Å². The van der Waals surface area contributed by atoms with Crippen molar-refractivity contribution < 1.29 is 0 Å². The quantitative estimate of drug-likeness (QED) is 0.820. The van der Waals surface area contributed by atoms with E-state index in [-0.39, 0.29) is 0 Å². The molecule has 0 aromatic carbocycles. The highest BCUT2D eigenvalue weighted by Crippen LogP contribution is 2.09. The van der Waals surface area contributed by atoms with Crippen LogP contribution >= 0.6 is 0 Å². The molecule has 6 nitrogen and oxygen atoms in total. The van der Waals surface area contributed by atoms with Gasteiger partial charge in [0.05, 0.1) is 12.2 Å². The summed E-state index contributed by atoms with van der Waals surface area (Å²) in [5, 5.41) is 7.45. The molecule has 0 fully saturated rings. The Hall–Kier alpha value is -2.11. The number of nitrogens with zero attached hydrogens (tertiary/aromatic N) is 4. The van der Waals surface area contributed by atoms with Crippen molar-refractivity contribution in [3.63, 3.8) is 0 Å². The molecular formula is C11H16N6. The third kappa shape index (κ3) is 2.93. The van der Waals surface area contributed by atoms with Gasteiger partial charge in [0.25, 0.3) is 0 Å². The Kier molecular flexibility index (Phi) is 3.22. The first kappa shape index (κ1) is 11.4. The lowest BCUT2D eigenvalue weighted by Crippen LogP contribution is -2.06. The van der Waals surface area contributed by atoms with Gasteiger partial charge < -0.3 is 11.1 Å². The molecule has 0 bridgehead atoms. The summed E-state index contributed by atoms with van der Waals surface area (Å²) in [6, 6.07) is 3.68. The average Bonchev–Trinajstić information content (AvgIpc) is 2.72. The summed E-state index contributed by atoms with van der Waals surface area (Å²) in [5.41, 5.74) is 6.66. The Bertz CT molecular complexity index is 504. The molecule has 17 heavy (non-hydrogen) atoms. The highest BCUT2D eigenvalue weighted by molar-refractivity contribution is 5.44. The maximum atomic E-state index is 5.70. The minimum Gasteiger partial charge on any atom is -0.384 e. The van der Waals surface area contributed by atoms with Crippen LogP contribution in [0.1, 0.15) is 18.4 Å². The van der Waals surface area contributed by atoms with Crippen LogP contribution in [0.15, 0.2) is 18.3 Å². The first-order chi connectivity index (χ1) is 8.17. The Morgan fingerprint density at radius 3 is 2.88 bits per heavy atom. The molecule has 6 heteroatoms. The number of hydrogen-bond donors (Lipinski definition) is 2. The molecule has 3 N–H and O–H groups in total. The number of rotatable bonds is 4. The zero-order chi connectivity index (χ0) is 12.3. The zero-order valence-electron chi connectivity index (χ0n) is 10.0. The first-order valence-electron chi connectivity index (χ1n) is 5.53. The minimum absolute atomic E-state index is 0.486. The second-order valence-electron chi connectivity index (χ2n) is 3.78. The lowest BCUT2D eigenvalue weighted by atomic mass is 10.4. The van der Waals surface area contributed by atoms with Crippen molar-refractivity contribution in [3.8, 4) is 0 Å². The first-order valence-corrected chi connectivity index (χ1v) is 5.53. The summed E-state index contributed by atoms with van der Waals surface area (Å²) < 4.78 is 1.77. The third-order valence-electron chi connectivity index (χ3n) is 2.33. The van der Waals surface area contributed by atoms with E-state index in [1.807, 2.05) is 26.2 Å². The summed E-state index contributed by atoms with van der Waals surface area (Å²) in [4.78, 5) is 8.46. The molecule has 0 amide bonds. The molecule has 2 aromatic heterocycles. The number of nitrogen functional groups attached to an aromatic ring is 1. The molecule has 0 spiro atoms. The maximum Gasteiger partial charge on any atom is 0.132 e. The standard InChI is InChI=1S/C11H16N6/c1-3-10-14-9(12)6-11(15-10)13-7-8-4-5-17(2)16-8/h4-6H,3,7H2,1-2H3,(H3,12,13,14,15). The molecule has 0 radical (unpaired) electrons. The van der Waals surface area contributed by atoms with Gasteiger partial charge in [-0.3, -0.25) is 4.68 Å². The Labute approximate surface area is 99.9 Å². The molecule has 0 unspecified atom stereocenters. The molecule has 0 aliphatic heterocycles. The molecule has 0 atom stereocenters. The smallest absolute Gasteiger partial charge is 0.132 e. The number of nitrogens with one attached hydrogen (secondary N) is 1. The van der Waals surface area contributed by atoms with Crippen molar-refractivity contribution in [1.82, 2.24) is 19.7 Å². The number of anilines is 2. The maximum absolute atomic E-state index is 5.70. The van der Waals surface area contributed by atoms with Crippen molar-refractivity contribution >= 4 is 11.6 Å². The fraction of sp³-hybridized carbons (Fsp3) is 0.364. The summed E-state index contributed by atoms with van der Waals surface area (Å²) in [7, 11) is 1.89. The van der Waals surface area contributed by atoms with Gasteiger partial charge in [-0.05, 0) is 6.07 Å². The Morgan fingerprint density at radius 2 is 2.24 bits per heavy atom. The van der Waals surface area contributed by atoms with Crippen LogP contribution in [0.3, 0.4) is 0 Å². The van der Waals surface area contributed by atoms with E-state index in [9.17, 15) is 0 Å². The van der Waals surface area contributed by atoms with E-state index >= 15 is 0 Å². The van der Waals surface area contributed by atoms with Crippen molar-refractivity contribution in [2.24, 2.45) is 7.05 Å². The van der Waals surface area contributed by atoms with E-state index in [0.29, 0.717) is 12.4 Å². The number of nitrogens with two attached hydrogens (primary N) is 1. The van der Waals surface area contributed by atoms with Crippen LogP contribution in [0, 0.1) is 0 Å². The fourth-order valence-electron chi connectivity index (χ4n) is 1.50. The van der Waals surface area contributed by atoms with Gasteiger partial charge in [-0.1, -0.05) is 6.92 Å². The number of aryl methyl sites for hydroxylation is 2. The molecule has 90 valence electrons. The van der Waals surface area contributed by atoms with Gasteiger partial charge in [0.1, 0.15) is 17.5 Å². The molecule has 2 rings (SSSR count). The average molecular weight is 232 g/mol.